The first-order chi connectivity index (χ1) is 9.92. The lowest BCUT2D eigenvalue weighted by Gasteiger charge is -2.12. The summed E-state index contributed by atoms with van der Waals surface area (Å²) < 4.78 is 5.30. The van der Waals surface area contributed by atoms with E-state index < -0.39 is 5.97 Å². The lowest BCUT2D eigenvalue weighted by Crippen LogP contribution is -2.08. The Morgan fingerprint density at radius 3 is 2.43 bits per heavy atom. The van der Waals surface area contributed by atoms with Gasteiger partial charge in [-0.25, -0.2) is 9.97 Å². The van der Waals surface area contributed by atoms with Crippen molar-refractivity contribution in [1.29, 1.82) is 0 Å². The summed E-state index contributed by atoms with van der Waals surface area (Å²) in [6.45, 7) is 3.55. The largest absolute Gasteiger partial charge is 0.496 e. The highest BCUT2D eigenvalue weighted by atomic mass is 35.5. The van der Waals surface area contributed by atoms with Gasteiger partial charge in [0.1, 0.15) is 5.75 Å². The van der Waals surface area contributed by atoms with Crippen LogP contribution in [0.25, 0.3) is 11.4 Å². The normalized spacial score (nSPS) is 10.5. The zero-order chi connectivity index (χ0) is 15.6. The molecule has 0 fully saturated rings. The number of rotatable bonds is 4. The number of nitrogens with zero attached hydrogens (tertiary/aromatic N) is 2. The SMILES string of the molecule is COc1cc(Cl)ccc1-c1nc(C)c(CC(=O)O)c(C)n1. The zero-order valence-corrected chi connectivity index (χ0v) is 12.7. The van der Waals surface area contributed by atoms with E-state index in [1.165, 1.54) is 0 Å². The molecule has 21 heavy (non-hydrogen) atoms. The zero-order valence-electron chi connectivity index (χ0n) is 12.0. The number of carboxylic acids is 1. The van der Waals surface area contributed by atoms with Crippen molar-refractivity contribution in [2.24, 2.45) is 0 Å². The molecule has 110 valence electrons. The van der Waals surface area contributed by atoms with Gasteiger partial charge in [0.15, 0.2) is 5.82 Å². The molecule has 0 atom stereocenters. The molecule has 6 heteroatoms. The van der Waals surface area contributed by atoms with Gasteiger partial charge in [-0.05, 0) is 32.0 Å². The molecule has 0 unspecified atom stereocenters. The Labute approximate surface area is 127 Å². The van der Waals surface area contributed by atoms with E-state index in [0.29, 0.717) is 33.5 Å². The Hall–Kier alpha value is -2.14. The molecule has 0 radical (unpaired) electrons. The molecule has 1 heterocycles. The molecule has 0 spiro atoms. The highest BCUT2D eigenvalue weighted by molar-refractivity contribution is 6.30. The number of carboxylic acid groups (broad SMARTS) is 1. The van der Waals surface area contributed by atoms with Crippen LogP contribution in [0.3, 0.4) is 0 Å². The number of ether oxygens (including phenoxy) is 1. The molecule has 0 aliphatic heterocycles. The van der Waals surface area contributed by atoms with E-state index in [2.05, 4.69) is 9.97 Å². The van der Waals surface area contributed by atoms with Crippen LogP contribution in [-0.2, 0) is 11.2 Å². The van der Waals surface area contributed by atoms with Gasteiger partial charge in [0.2, 0.25) is 0 Å². The van der Waals surface area contributed by atoms with Crippen molar-refractivity contribution in [3.05, 3.63) is 40.2 Å². The molecule has 2 aromatic rings. The molecule has 0 aliphatic carbocycles. The van der Waals surface area contributed by atoms with E-state index in [9.17, 15) is 4.79 Å². The summed E-state index contributed by atoms with van der Waals surface area (Å²) in [6.07, 6.45) is -0.0876. The maximum Gasteiger partial charge on any atom is 0.307 e. The second kappa shape index (κ2) is 6.10. The fourth-order valence-electron chi connectivity index (χ4n) is 2.12. The van der Waals surface area contributed by atoms with Crippen LogP contribution in [-0.4, -0.2) is 28.2 Å². The fourth-order valence-corrected chi connectivity index (χ4v) is 2.28. The maximum absolute atomic E-state index is 10.9. The van der Waals surface area contributed by atoms with Crippen molar-refractivity contribution in [3.63, 3.8) is 0 Å². The number of halogens is 1. The lowest BCUT2D eigenvalue weighted by molar-refractivity contribution is -0.136. The van der Waals surface area contributed by atoms with Crippen LogP contribution >= 0.6 is 11.6 Å². The Bertz CT molecular complexity index is 678. The highest BCUT2D eigenvalue weighted by Gasteiger charge is 2.15. The standard InChI is InChI=1S/C15H15ClN2O3/c1-8-12(7-14(19)20)9(2)18-15(17-8)11-5-4-10(16)6-13(11)21-3/h4-6H,7H2,1-3H3,(H,19,20). The monoisotopic (exact) mass is 306 g/mol. The molecule has 0 bridgehead atoms. The number of aromatic nitrogens is 2. The minimum atomic E-state index is -0.901. The fraction of sp³-hybridized carbons (Fsp3) is 0.267. The van der Waals surface area contributed by atoms with Crippen LogP contribution in [0.4, 0.5) is 0 Å². The Morgan fingerprint density at radius 2 is 1.90 bits per heavy atom. The number of aliphatic carboxylic acids is 1. The predicted molar refractivity (Wildman–Crippen MR) is 79.8 cm³/mol. The van der Waals surface area contributed by atoms with Crippen LogP contribution in [0.5, 0.6) is 5.75 Å². The third kappa shape index (κ3) is 3.31. The third-order valence-electron chi connectivity index (χ3n) is 3.15. The number of benzene rings is 1. The number of hydrogen-bond donors (Lipinski definition) is 1. The van der Waals surface area contributed by atoms with Gasteiger partial charge in [-0.3, -0.25) is 4.79 Å². The molecule has 1 aromatic heterocycles. The summed E-state index contributed by atoms with van der Waals surface area (Å²) in [5.41, 5.74) is 2.66. The smallest absolute Gasteiger partial charge is 0.307 e. The van der Waals surface area contributed by atoms with Crippen molar-refractivity contribution < 1.29 is 14.6 Å². The molecule has 2 rings (SSSR count). The van der Waals surface area contributed by atoms with Gasteiger partial charge < -0.3 is 9.84 Å². The van der Waals surface area contributed by atoms with Crippen LogP contribution in [0, 0.1) is 13.8 Å². The Kier molecular flexibility index (Phi) is 4.43. The summed E-state index contributed by atoms with van der Waals surface area (Å²) in [5.74, 6) is 0.168. The van der Waals surface area contributed by atoms with E-state index in [4.69, 9.17) is 21.4 Å². The third-order valence-corrected chi connectivity index (χ3v) is 3.39. The molecule has 5 nitrogen and oxygen atoms in total. The first-order valence-corrected chi connectivity index (χ1v) is 6.70. The minimum absolute atomic E-state index is 0.0876. The van der Waals surface area contributed by atoms with Crippen molar-refractivity contribution in [1.82, 2.24) is 9.97 Å². The lowest BCUT2D eigenvalue weighted by atomic mass is 10.1. The van der Waals surface area contributed by atoms with E-state index in [1.807, 2.05) is 0 Å². The first kappa shape index (κ1) is 15.3. The number of carbonyl (C=O) groups is 1. The van der Waals surface area contributed by atoms with E-state index in [1.54, 1.807) is 39.2 Å². The van der Waals surface area contributed by atoms with Crippen LogP contribution < -0.4 is 4.74 Å². The molecule has 0 amide bonds. The van der Waals surface area contributed by atoms with Crippen LogP contribution in [0.1, 0.15) is 17.0 Å². The average Bonchev–Trinajstić information content (AvgIpc) is 2.42. The van der Waals surface area contributed by atoms with Gasteiger partial charge in [-0.1, -0.05) is 11.6 Å². The molecule has 1 N–H and O–H groups in total. The quantitative estimate of drug-likeness (QED) is 0.940. The molecule has 0 aliphatic rings. The molecule has 0 saturated heterocycles. The van der Waals surface area contributed by atoms with Gasteiger partial charge in [-0.15, -0.1) is 0 Å². The number of hydrogen-bond acceptors (Lipinski definition) is 4. The predicted octanol–water partition coefficient (Wildman–Crippen LogP) is 3.05. The number of aryl methyl sites for hydroxylation is 2. The van der Waals surface area contributed by atoms with Gasteiger partial charge in [0.05, 0.1) is 19.1 Å². The summed E-state index contributed by atoms with van der Waals surface area (Å²) in [4.78, 5) is 19.7. The Balaban J connectivity index is 2.54. The summed E-state index contributed by atoms with van der Waals surface area (Å²) in [5, 5.41) is 9.49. The molecule has 1 aromatic carbocycles. The van der Waals surface area contributed by atoms with E-state index in [-0.39, 0.29) is 6.42 Å². The maximum atomic E-state index is 10.9. The highest BCUT2D eigenvalue weighted by Crippen LogP contribution is 2.31. The summed E-state index contributed by atoms with van der Waals surface area (Å²) >= 11 is 5.94. The van der Waals surface area contributed by atoms with Gasteiger partial charge in [0.25, 0.3) is 0 Å². The van der Waals surface area contributed by atoms with Crippen molar-refractivity contribution in [2.75, 3.05) is 7.11 Å². The topological polar surface area (TPSA) is 72.3 Å². The summed E-state index contributed by atoms with van der Waals surface area (Å²) in [7, 11) is 1.55. The molecule has 0 saturated carbocycles. The van der Waals surface area contributed by atoms with Crippen molar-refractivity contribution in [2.45, 2.75) is 20.3 Å². The average molecular weight is 307 g/mol. The molecular weight excluding hydrogens is 292 g/mol. The van der Waals surface area contributed by atoms with Gasteiger partial charge in [-0.2, -0.15) is 0 Å². The van der Waals surface area contributed by atoms with Crippen LogP contribution in [0.2, 0.25) is 5.02 Å². The molecular formula is C15H15ClN2O3. The second-order valence-electron chi connectivity index (χ2n) is 4.61. The Morgan fingerprint density at radius 1 is 1.29 bits per heavy atom. The van der Waals surface area contributed by atoms with Crippen LogP contribution in [0.15, 0.2) is 18.2 Å². The van der Waals surface area contributed by atoms with Crippen molar-refractivity contribution in [3.8, 4) is 17.1 Å². The minimum Gasteiger partial charge on any atom is -0.496 e. The van der Waals surface area contributed by atoms with E-state index >= 15 is 0 Å². The van der Waals surface area contributed by atoms with Gasteiger partial charge >= 0.3 is 5.97 Å². The van der Waals surface area contributed by atoms with Gasteiger partial charge in [0, 0.05) is 22.0 Å². The second-order valence-corrected chi connectivity index (χ2v) is 5.05. The summed E-state index contributed by atoms with van der Waals surface area (Å²) in [6, 6.07) is 5.21. The number of methoxy groups -OCH3 is 1. The van der Waals surface area contributed by atoms with E-state index in [0.717, 1.165) is 5.56 Å². The first-order valence-electron chi connectivity index (χ1n) is 6.32. The van der Waals surface area contributed by atoms with Crippen molar-refractivity contribution >= 4 is 17.6 Å².